The molecular formula is C14H19N5O. The zero-order valence-electron chi connectivity index (χ0n) is 11.7. The van der Waals surface area contributed by atoms with E-state index in [0.29, 0.717) is 17.5 Å². The molecule has 6 heteroatoms. The van der Waals surface area contributed by atoms with E-state index in [1.54, 1.807) is 12.4 Å². The fourth-order valence-corrected chi connectivity index (χ4v) is 2.45. The second kappa shape index (κ2) is 6.09. The van der Waals surface area contributed by atoms with E-state index in [0.717, 1.165) is 37.4 Å². The van der Waals surface area contributed by atoms with E-state index in [4.69, 9.17) is 4.52 Å². The number of hydrogen-bond donors (Lipinski definition) is 1. The summed E-state index contributed by atoms with van der Waals surface area (Å²) in [5.74, 6) is 2.39. The van der Waals surface area contributed by atoms with Crippen molar-refractivity contribution in [3.05, 3.63) is 23.8 Å². The summed E-state index contributed by atoms with van der Waals surface area (Å²) in [6, 6.07) is 0. The molecule has 3 heterocycles. The van der Waals surface area contributed by atoms with Gasteiger partial charge < -0.3 is 9.84 Å². The molecule has 1 fully saturated rings. The normalized spacial score (nSPS) is 19.1. The summed E-state index contributed by atoms with van der Waals surface area (Å²) in [6.07, 6.45) is 7.97. The first-order valence-electron chi connectivity index (χ1n) is 7.13. The molecule has 1 N–H and O–H groups in total. The van der Waals surface area contributed by atoms with E-state index in [1.807, 2.05) is 6.92 Å². The summed E-state index contributed by atoms with van der Waals surface area (Å²) in [7, 11) is 0. The highest BCUT2D eigenvalue weighted by Gasteiger charge is 2.16. The maximum atomic E-state index is 5.28. The summed E-state index contributed by atoms with van der Waals surface area (Å²) in [4.78, 5) is 12.8. The van der Waals surface area contributed by atoms with Gasteiger partial charge in [-0.15, -0.1) is 0 Å². The number of rotatable bonds is 4. The summed E-state index contributed by atoms with van der Waals surface area (Å²) in [5, 5.41) is 7.37. The minimum atomic E-state index is 0.474. The average Bonchev–Trinajstić information content (AvgIpc) is 2.96. The predicted molar refractivity (Wildman–Crippen MR) is 74.0 cm³/mol. The zero-order valence-corrected chi connectivity index (χ0v) is 11.7. The molecule has 1 aliphatic rings. The minimum absolute atomic E-state index is 0.474. The molecule has 2 aromatic heterocycles. The smallest absolute Gasteiger partial charge is 0.240 e. The quantitative estimate of drug-likeness (QED) is 0.914. The van der Waals surface area contributed by atoms with Crippen molar-refractivity contribution in [3.8, 4) is 11.6 Å². The van der Waals surface area contributed by atoms with Crippen molar-refractivity contribution in [1.29, 1.82) is 0 Å². The van der Waals surface area contributed by atoms with E-state index in [-0.39, 0.29) is 0 Å². The van der Waals surface area contributed by atoms with Gasteiger partial charge in [-0.25, -0.2) is 9.97 Å². The number of aromatic nitrogens is 4. The van der Waals surface area contributed by atoms with Gasteiger partial charge in [0.05, 0.1) is 0 Å². The number of nitrogens with one attached hydrogen (secondary N) is 1. The van der Waals surface area contributed by atoms with Crippen LogP contribution in [0.3, 0.4) is 0 Å². The Morgan fingerprint density at radius 1 is 1.30 bits per heavy atom. The fourth-order valence-electron chi connectivity index (χ4n) is 2.45. The summed E-state index contributed by atoms with van der Waals surface area (Å²) < 4.78 is 5.28. The van der Waals surface area contributed by atoms with Gasteiger partial charge in [0.2, 0.25) is 17.5 Å². The van der Waals surface area contributed by atoms with E-state index in [9.17, 15) is 0 Å². The van der Waals surface area contributed by atoms with Gasteiger partial charge in [-0.2, -0.15) is 4.98 Å². The van der Waals surface area contributed by atoms with Crippen LogP contribution in [0.2, 0.25) is 0 Å². The Kier molecular flexibility index (Phi) is 4.01. The topological polar surface area (TPSA) is 76.7 Å². The second-order valence-electron chi connectivity index (χ2n) is 5.35. The monoisotopic (exact) mass is 273 g/mol. The average molecular weight is 273 g/mol. The standard InChI is InChI=1S/C14H19N5O/c1-10-7-16-13(17-8-10)14-18-12(20-19-14)5-4-11-3-2-6-15-9-11/h7-8,11,15H,2-6,9H2,1H3. The third kappa shape index (κ3) is 3.19. The molecule has 1 aliphatic heterocycles. The van der Waals surface area contributed by atoms with Crippen molar-refractivity contribution < 1.29 is 4.52 Å². The van der Waals surface area contributed by atoms with Crippen LogP contribution in [0.4, 0.5) is 0 Å². The van der Waals surface area contributed by atoms with Crippen LogP contribution in [0.15, 0.2) is 16.9 Å². The Balaban J connectivity index is 1.60. The van der Waals surface area contributed by atoms with Crippen LogP contribution in [0.1, 0.15) is 30.7 Å². The van der Waals surface area contributed by atoms with E-state index in [2.05, 4.69) is 25.4 Å². The molecule has 0 amide bonds. The first-order chi connectivity index (χ1) is 9.81. The van der Waals surface area contributed by atoms with E-state index >= 15 is 0 Å². The number of nitrogens with zero attached hydrogens (tertiary/aromatic N) is 4. The lowest BCUT2D eigenvalue weighted by Gasteiger charge is -2.21. The van der Waals surface area contributed by atoms with Gasteiger partial charge in [0.1, 0.15) is 0 Å². The molecule has 6 nitrogen and oxygen atoms in total. The van der Waals surface area contributed by atoms with Crippen LogP contribution in [-0.2, 0) is 6.42 Å². The molecule has 0 radical (unpaired) electrons. The van der Waals surface area contributed by atoms with Crippen molar-refractivity contribution in [2.24, 2.45) is 5.92 Å². The molecule has 0 bridgehead atoms. The molecule has 1 saturated heterocycles. The first-order valence-corrected chi connectivity index (χ1v) is 7.13. The van der Waals surface area contributed by atoms with Crippen LogP contribution in [-0.4, -0.2) is 33.2 Å². The summed E-state index contributed by atoms with van der Waals surface area (Å²) in [6.45, 7) is 4.19. The number of piperidine rings is 1. The first kappa shape index (κ1) is 13.2. The van der Waals surface area contributed by atoms with Gasteiger partial charge in [-0.1, -0.05) is 5.16 Å². The second-order valence-corrected chi connectivity index (χ2v) is 5.35. The number of aryl methyl sites for hydroxylation is 2. The van der Waals surface area contributed by atoms with Crippen molar-refractivity contribution >= 4 is 0 Å². The third-order valence-electron chi connectivity index (χ3n) is 3.61. The predicted octanol–water partition coefficient (Wildman–Crippen LogP) is 1.77. The lowest BCUT2D eigenvalue weighted by Crippen LogP contribution is -2.29. The van der Waals surface area contributed by atoms with Gasteiger partial charge in [0.25, 0.3) is 0 Å². The molecule has 1 unspecified atom stereocenters. The molecular weight excluding hydrogens is 254 g/mol. The third-order valence-corrected chi connectivity index (χ3v) is 3.61. The van der Waals surface area contributed by atoms with Gasteiger partial charge in [0, 0.05) is 18.8 Å². The Labute approximate surface area is 118 Å². The molecule has 106 valence electrons. The molecule has 0 spiro atoms. The lowest BCUT2D eigenvalue weighted by molar-refractivity contribution is 0.327. The molecule has 0 aliphatic carbocycles. The van der Waals surface area contributed by atoms with Crippen LogP contribution in [0.25, 0.3) is 11.6 Å². The zero-order chi connectivity index (χ0) is 13.8. The molecule has 1 atom stereocenters. The van der Waals surface area contributed by atoms with Crippen molar-refractivity contribution in [3.63, 3.8) is 0 Å². The summed E-state index contributed by atoms with van der Waals surface area (Å²) in [5.41, 5.74) is 1.02. The lowest BCUT2D eigenvalue weighted by atomic mass is 9.95. The number of hydrogen-bond acceptors (Lipinski definition) is 6. The summed E-state index contributed by atoms with van der Waals surface area (Å²) >= 11 is 0. The molecule has 0 saturated carbocycles. The van der Waals surface area contributed by atoms with Gasteiger partial charge in [-0.3, -0.25) is 0 Å². The van der Waals surface area contributed by atoms with Crippen molar-refractivity contribution in [1.82, 2.24) is 25.4 Å². The maximum Gasteiger partial charge on any atom is 0.240 e. The van der Waals surface area contributed by atoms with Crippen molar-refractivity contribution in [2.45, 2.75) is 32.6 Å². The Bertz CT molecular complexity index is 545. The van der Waals surface area contributed by atoms with Gasteiger partial charge in [-0.05, 0) is 50.8 Å². The van der Waals surface area contributed by atoms with E-state index < -0.39 is 0 Å². The highest BCUT2D eigenvalue weighted by Crippen LogP contribution is 2.17. The molecule has 0 aromatic carbocycles. The van der Waals surface area contributed by atoms with Gasteiger partial charge >= 0.3 is 0 Å². The molecule has 2 aromatic rings. The van der Waals surface area contributed by atoms with E-state index in [1.165, 1.54) is 12.8 Å². The maximum absolute atomic E-state index is 5.28. The molecule has 20 heavy (non-hydrogen) atoms. The van der Waals surface area contributed by atoms with Crippen LogP contribution in [0.5, 0.6) is 0 Å². The fraction of sp³-hybridized carbons (Fsp3) is 0.571. The Morgan fingerprint density at radius 2 is 2.15 bits per heavy atom. The molecule has 3 rings (SSSR count). The highest BCUT2D eigenvalue weighted by atomic mass is 16.5. The van der Waals surface area contributed by atoms with Gasteiger partial charge in [0.15, 0.2) is 0 Å². The SMILES string of the molecule is Cc1cnc(-c2noc(CCC3CCCNC3)n2)nc1. The van der Waals surface area contributed by atoms with Crippen LogP contribution < -0.4 is 5.32 Å². The highest BCUT2D eigenvalue weighted by molar-refractivity contribution is 5.40. The largest absolute Gasteiger partial charge is 0.339 e. The van der Waals surface area contributed by atoms with Crippen LogP contribution in [0, 0.1) is 12.8 Å². The van der Waals surface area contributed by atoms with Crippen molar-refractivity contribution in [2.75, 3.05) is 13.1 Å². The Hall–Kier alpha value is -1.82. The minimum Gasteiger partial charge on any atom is -0.339 e. The van der Waals surface area contributed by atoms with Crippen LogP contribution >= 0.6 is 0 Å². The Morgan fingerprint density at radius 3 is 2.90 bits per heavy atom.